The average Bonchev–Trinajstić information content (AvgIpc) is 3.13. The number of nitrogens with zero attached hydrogens (tertiary/aromatic N) is 1. The fourth-order valence-electron chi connectivity index (χ4n) is 2.99. The fourth-order valence-corrected chi connectivity index (χ4v) is 3.69. The van der Waals surface area contributed by atoms with Gasteiger partial charge in [-0.2, -0.15) is 0 Å². The van der Waals surface area contributed by atoms with Gasteiger partial charge in [0, 0.05) is 17.1 Å². The van der Waals surface area contributed by atoms with Crippen molar-refractivity contribution in [3.63, 3.8) is 0 Å². The highest BCUT2D eigenvalue weighted by atomic mass is 32.1. The molecule has 0 saturated heterocycles. The van der Waals surface area contributed by atoms with Crippen LogP contribution < -0.4 is 5.32 Å². The van der Waals surface area contributed by atoms with Crippen LogP contribution in [0.1, 0.15) is 49.7 Å². The highest BCUT2D eigenvalue weighted by molar-refractivity contribution is 7.09. The number of hydrogen-bond donors (Lipinski definition) is 1. The molecule has 1 N–H and O–H groups in total. The largest absolute Gasteiger partial charge is 0.346 e. The minimum absolute atomic E-state index is 0.0801. The van der Waals surface area contributed by atoms with Gasteiger partial charge in [-0.3, -0.25) is 4.79 Å². The summed E-state index contributed by atoms with van der Waals surface area (Å²) >= 11 is 1.55. The number of carbonyl (C=O) groups excluding carboxylic acids is 1. The zero-order valence-corrected chi connectivity index (χ0v) is 14.2. The third-order valence-corrected chi connectivity index (χ3v) is 5.23. The summed E-state index contributed by atoms with van der Waals surface area (Å²) in [6.07, 6.45) is 3.98. The molecule has 3 nitrogen and oxygen atoms in total. The van der Waals surface area contributed by atoms with Crippen LogP contribution >= 0.6 is 11.3 Å². The molecule has 0 bridgehead atoms. The van der Waals surface area contributed by atoms with E-state index in [2.05, 4.69) is 24.1 Å². The molecule has 122 valence electrons. The number of rotatable bonds is 6. The van der Waals surface area contributed by atoms with E-state index >= 15 is 0 Å². The Morgan fingerprint density at radius 1 is 1.39 bits per heavy atom. The molecule has 1 aliphatic carbocycles. The molecular weight excluding hydrogens is 311 g/mol. The van der Waals surface area contributed by atoms with E-state index in [1.165, 1.54) is 6.07 Å². The van der Waals surface area contributed by atoms with E-state index in [9.17, 15) is 9.18 Å². The van der Waals surface area contributed by atoms with Crippen LogP contribution in [0.25, 0.3) is 0 Å². The van der Waals surface area contributed by atoms with Crippen molar-refractivity contribution in [2.24, 2.45) is 5.92 Å². The second kappa shape index (κ2) is 6.40. The lowest BCUT2D eigenvalue weighted by molar-refractivity contribution is -0.124. The summed E-state index contributed by atoms with van der Waals surface area (Å²) in [4.78, 5) is 17.2. The Hall–Kier alpha value is -1.75. The summed E-state index contributed by atoms with van der Waals surface area (Å²) in [7, 11) is 0. The lowest BCUT2D eigenvalue weighted by Gasteiger charge is -2.23. The molecule has 23 heavy (non-hydrogen) atoms. The molecule has 1 aromatic carbocycles. The number of halogens is 1. The van der Waals surface area contributed by atoms with Gasteiger partial charge < -0.3 is 5.32 Å². The number of amides is 1. The zero-order chi connectivity index (χ0) is 16.4. The SMILES string of the molecule is CC(C)CC(NC(=O)C1(c2ccccc2F)CC1)c1nccs1. The molecule has 1 atom stereocenters. The molecular formula is C18H21FN2OS. The second-order valence-corrected chi connectivity index (χ2v) is 7.51. The van der Waals surface area contributed by atoms with Crippen LogP contribution in [0.15, 0.2) is 35.8 Å². The molecule has 0 spiro atoms. The van der Waals surface area contributed by atoms with Crippen LogP contribution in [0.5, 0.6) is 0 Å². The summed E-state index contributed by atoms with van der Waals surface area (Å²) in [6, 6.07) is 6.49. The van der Waals surface area contributed by atoms with Crippen LogP contribution in [-0.4, -0.2) is 10.9 Å². The smallest absolute Gasteiger partial charge is 0.231 e. The summed E-state index contributed by atoms with van der Waals surface area (Å²) in [5.41, 5.74) is -0.183. The van der Waals surface area contributed by atoms with E-state index in [4.69, 9.17) is 0 Å². The highest BCUT2D eigenvalue weighted by Gasteiger charge is 2.53. The Balaban J connectivity index is 1.81. The summed E-state index contributed by atoms with van der Waals surface area (Å²) in [5.74, 6) is 0.0612. The van der Waals surface area contributed by atoms with Gasteiger partial charge in [0.1, 0.15) is 10.8 Å². The molecule has 0 radical (unpaired) electrons. The van der Waals surface area contributed by atoms with E-state index in [0.717, 1.165) is 11.4 Å². The second-order valence-electron chi connectivity index (χ2n) is 6.59. The number of benzene rings is 1. The molecule has 1 heterocycles. The van der Waals surface area contributed by atoms with E-state index in [1.807, 2.05) is 5.38 Å². The zero-order valence-electron chi connectivity index (χ0n) is 13.4. The van der Waals surface area contributed by atoms with Crippen molar-refractivity contribution >= 4 is 17.2 Å². The average molecular weight is 332 g/mol. The molecule has 1 fully saturated rings. The van der Waals surface area contributed by atoms with Crippen molar-refractivity contribution in [3.8, 4) is 0 Å². The van der Waals surface area contributed by atoms with E-state index in [1.54, 1.807) is 35.7 Å². The first-order chi connectivity index (χ1) is 11.0. The minimum Gasteiger partial charge on any atom is -0.346 e. The van der Waals surface area contributed by atoms with Crippen LogP contribution in [0.3, 0.4) is 0 Å². The molecule has 1 unspecified atom stereocenters. The van der Waals surface area contributed by atoms with Gasteiger partial charge in [0.15, 0.2) is 0 Å². The monoisotopic (exact) mass is 332 g/mol. The number of thiazole rings is 1. The van der Waals surface area contributed by atoms with Gasteiger partial charge in [0.2, 0.25) is 5.91 Å². The molecule has 0 aliphatic heterocycles. The van der Waals surface area contributed by atoms with Crippen molar-refractivity contribution < 1.29 is 9.18 Å². The fraction of sp³-hybridized carbons (Fsp3) is 0.444. The minimum atomic E-state index is -0.697. The van der Waals surface area contributed by atoms with Crippen LogP contribution in [-0.2, 0) is 10.2 Å². The first-order valence-electron chi connectivity index (χ1n) is 7.98. The quantitative estimate of drug-likeness (QED) is 0.860. The maximum atomic E-state index is 14.1. The Bertz CT molecular complexity index is 680. The third kappa shape index (κ3) is 3.29. The van der Waals surface area contributed by atoms with Gasteiger partial charge in [-0.1, -0.05) is 32.0 Å². The molecule has 2 aromatic rings. The number of nitrogens with one attached hydrogen (secondary N) is 1. The predicted octanol–water partition coefficient (Wildman–Crippen LogP) is 4.22. The lowest BCUT2D eigenvalue weighted by atomic mass is 9.93. The van der Waals surface area contributed by atoms with Gasteiger partial charge in [-0.05, 0) is 31.2 Å². The maximum Gasteiger partial charge on any atom is 0.231 e. The summed E-state index contributed by atoms with van der Waals surface area (Å²) in [5, 5.41) is 5.95. The maximum absolute atomic E-state index is 14.1. The van der Waals surface area contributed by atoms with Crippen LogP contribution in [0, 0.1) is 11.7 Å². The van der Waals surface area contributed by atoms with Crippen molar-refractivity contribution in [2.75, 3.05) is 0 Å². The van der Waals surface area contributed by atoms with Gasteiger partial charge in [0.25, 0.3) is 0 Å². The van der Waals surface area contributed by atoms with E-state index in [-0.39, 0.29) is 17.8 Å². The Morgan fingerprint density at radius 2 is 2.13 bits per heavy atom. The first kappa shape index (κ1) is 16.1. The van der Waals surface area contributed by atoms with E-state index in [0.29, 0.717) is 24.3 Å². The summed E-state index contributed by atoms with van der Waals surface area (Å²) < 4.78 is 14.1. The van der Waals surface area contributed by atoms with Gasteiger partial charge >= 0.3 is 0 Å². The molecule has 1 amide bonds. The first-order valence-corrected chi connectivity index (χ1v) is 8.86. The van der Waals surface area contributed by atoms with Crippen LogP contribution in [0.4, 0.5) is 4.39 Å². The number of aromatic nitrogens is 1. The normalized spacial score (nSPS) is 17.0. The van der Waals surface area contributed by atoms with Crippen molar-refractivity contribution in [1.82, 2.24) is 10.3 Å². The van der Waals surface area contributed by atoms with Crippen LogP contribution in [0.2, 0.25) is 0 Å². The highest BCUT2D eigenvalue weighted by Crippen LogP contribution is 2.49. The standard InChI is InChI=1S/C18H21FN2OS/c1-12(2)11-15(16-20-9-10-23-16)21-17(22)18(7-8-18)13-5-3-4-6-14(13)19/h3-6,9-10,12,15H,7-8,11H2,1-2H3,(H,21,22). The van der Waals surface area contributed by atoms with Crippen molar-refractivity contribution in [2.45, 2.75) is 44.6 Å². The van der Waals surface area contributed by atoms with Crippen molar-refractivity contribution in [3.05, 3.63) is 52.2 Å². The number of carbonyl (C=O) groups is 1. The number of hydrogen-bond acceptors (Lipinski definition) is 3. The molecule has 1 saturated carbocycles. The summed E-state index contributed by atoms with van der Waals surface area (Å²) in [6.45, 7) is 4.24. The van der Waals surface area contributed by atoms with Gasteiger partial charge in [-0.15, -0.1) is 11.3 Å². The Morgan fingerprint density at radius 3 is 2.70 bits per heavy atom. The molecule has 5 heteroatoms. The predicted molar refractivity (Wildman–Crippen MR) is 89.8 cm³/mol. The van der Waals surface area contributed by atoms with Crippen molar-refractivity contribution in [1.29, 1.82) is 0 Å². The molecule has 1 aliphatic rings. The molecule has 3 rings (SSSR count). The lowest BCUT2D eigenvalue weighted by Crippen LogP contribution is -2.38. The topological polar surface area (TPSA) is 42.0 Å². The van der Waals surface area contributed by atoms with Gasteiger partial charge in [-0.25, -0.2) is 9.37 Å². The Labute approximate surface area is 140 Å². The van der Waals surface area contributed by atoms with E-state index < -0.39 is 5.41 Å². The Kier molecular flexibility index (Phi) is 4.48. The molecule has 1 aromatic heterocycles. The third-order valence-electron chi connectivity index (χ3n) is 4.34. The van der Waals surface area contributed by atoms with Gasteiger partial charge in [0.05, 0.1) is 11.5 Å².